The van der Waals surface area contributed by atoms with Crippen molar-refractivity contribution < 1.29 is 14.7 Å². The molecule has 0 saturated carbocycles. The second-order valence-corrected chi connectivity index (χ2v) is 4.21. The first-order chi connectivity index (χ1) is 5.92. The number of hydrogen-bond acceptors (Lipinski definition) is 2. The fraction of sp³-hybridized carbons (Fsp3) is 0.778. The Bertz CT molecular complexity index is 233. The average molecular weight is 185 g/mol. The number of rotatable bonds is 2. The first kappa shape index (κ1) is 10.0. The normalized spacial score (nSPS) is 26.6. The minimum Gasteiger partial charge on any atom is -0.481 e. The smallest absolute Gasteiger partial charge is 0.305 e. The Kier molecular flexibility index (Phi) is 2.59. The SMILES string of the molecule is CC1(C)CCC(=O)NC1CC(=O)O. The Morgan fingerprint density at radius 1 is 1.69 bits per heavy atom. The third kappa shape index (κ3) is 2.44. The van der Waals surface area contributed by atoms with E-state index in [0.29, 0.717) is 6.42 Å². The van der Waals surface area contributed by atoms with Gasteiger partial charge in [0.25, 0.3) is 0 Å². The molecule has 1 saturated heterocycles. The van der Waals surface area contributed by atoms with Crippen LogP contribution in [0.15, 0.2) is 0 Å². The lowest BCUT2D eigenvalue weighted by Crippen LogP contribution is -2.50. The van der Waals surface area contributed by atoms with Crippen LogP contribution in [0.5, 0.6) is 0 Å². The molecular formula is C9H15NO3. The number of hydrogen-bond donors (Lipinski definition) is 2. The first-order valence-electron chi connectivity index (χ1n) is 4.43. The third-order valence-corrected chi connectivity index (χ3v) is 2.65. The third-order valence-electron chi connectivity index (χ3n) is 2.65. The summed E-state index contributed by atoms with van der Waals surface area (Å²) in [6, 6.07) is -0.230. The average Bonchev–Trinajstić information content (AvgIpc) is 1.97. The highest BCUT2D eigenvalue weighted by molar-refractivity contribution is 5.78. The van der Waals surface area contributed by atoms with Gasteiger partial charge in [-0.3, -0.25) is 9.59 Å². The molecule has 0 radical (unpaired) electrons. The molecular weight excluding hydrogens is 170 g/mol. The summed E-state index contributed by atoms with van der Waals surface area (Å²) in [4.78, 5) is 21.5. The van der Waals surface area contributed by atoms with Crippen molar-refractivity contribution in [1.82, 2.24) is 5.32 Å². The number of nitrogens with one attached hydrogen (secondary N) is 1. The molecule has 0 aromatic carbocycles. The Hall–Kier alpha value is -1.06. The molecule has 1 rings (SSSR count). The van der Waals surface area contributed by atoms with E-state index in [4.69, 9.17) is 5.11 Å². The van der Waals surface area contributed by atoms with Crippen LogP contribution in [-0.2, 0) is 9.59 Å². The number of carboxylic acids is 1. The van der Waals surface area contributed by atoms with Gasteiger partial charge < -0.3 is 10.4 Å². The molecule has 0 aromatic rings. The van der Waals surface area contributed by atoms with Crippen molar-refractivity contribution in [3.63, 3.8) is 0 Å². The molecule has 0 aliphatic carbocycles. The van der Waals surface area contributed by atoms with Crippen LogP contribution in [0.3, 0.4) is 0 Å². The van der Waals surface area contributed by atoms with E-state index in [1.807, 2.05) is 13.8 Å². The second-order valence-electron chi connectivity index (χ2n) is 4.21. The monoisotopic (exact) mass is 185 g/mol. The largest absolute Gasteiger partial charge is 0.481 e. The Labute approximate surface area is 77.3 Å². The fourth-order valence-corrected chi connectivity index (χ4v) is 1.57. The van der Waals surface area contributed by atoms with Gasteiger partial charge in [0.1, 0.15) is 0 Å². The van der Waals surface area contributed by atoms with Crippen molar-refractivity contribution in [2.75, 3.05) is 0 Å². The lowest BCUT2D eigenvalue weighted by Gasteiger charge is -2.38. The van der Waals surface area contributed by atoms with Gasteiger partial charge in [0.15, 0.2) is 0 Å². The number of carbonyl (C=O) groups is 2. The predicted molar refractivity (Wildman–Crippen MR) is 47.2 cm³/mol. The summed E-state index contributed by atoms with van der Waals surface area (Å²) >= 11 is 0. The van der Waals surface area contributed by atoms with E-state index in [1.165, 1.54) is 0 Å². The molecule has 0 spiro atoms. The molecule has 1 atom stereocenters. The maximum atomic E-state index is 11.0. The van der Waals surface area contributed by atoms with Crippen molar-refractivity contribution in [3.8, 4) is 0 Å². The molecule has 4 heteroatoms. The van der Waals surface area contributed by atoms with Crippen molar-refractivity contribution in [2.45, 2.75) is 39.2 Å². The summed E-state index contributed by atoms with van der Waals surface area (Å²) in [5.41, 5.74) is -0.105. The van der Waals surface area contributed by atoms with Crippen LogP contribution < -0.4 is 5.32 Å². The highest BCUT2D eigenvalue weighted by atomic mass is 16.4. The van der Waals surface area contributed by atoms with Gasteiger partial charge in [-0.2, -0.15) is 0 Å². The van der Waals surface area contributed by atoms with Gasteiger partial charge in [0, 0.05) is 12.5 Å². The Balaban J connectivity index is 2.66. The topological polar surface area (TPSA) is 66.4 Å². The predicted octanol–water partition coefficient (Wildman–Crippen LogP) is 0.766. The highest BCUT2D eigenvalue weighted by Gasteiger charge is 2.36. The standard InChI is InChI=1S/C9H15NO3/c1-9(2)4-3-7(11)10-6(9)5-8(12)13/h6H,3-5H2,1-2H3,(H,10,11)(H,12,13). The number of carboxylic acid groups (broad SMARTS) is 1. The van der Waals surface area contributed by atoms with Crippen molar-refractivity contribution in [3.05, 3.63) is 0 Å². The number of amides is 1. The van der Waals surface area contributed by atoms with Gasteiger partial charge in [-0.1, -0.05) is 13.8 Å². The van der Waals surface area contributed by atoms with Crippen molar-refractivity contribution >= 4 is 11.9 Å². The summed E-state index contributed by atoms with van der Waals surface area (Å²) in [7, 11) is 0. The fourth-order valence-electron chi connectivity index (χ4n) is 1.57. The van der Waals surface area contributed by atoms with E-state index in [2.05, 4.69) is 5.32 Å². The summed E-state index contributed by atoms with van der Waals surface area (Å²) in [6.45, 7) is 3.97. The highest BCUT2D eigenvalue weighted by Crippen LogP contribution is 2.31. The van der Waals surface area contributed by atoms with E-state index in [9.17, 15) is 9.59 Å². The molecule has 1 heterocycles. The van der Waals surface area contributed by atoms with Gasteiger partial charge >= 0.3 is 5.97 Å². The number of aliphatic carboxylic acids is 1. The van der Waals surface area contributed by atoms with Gasteiger partial charge in [0.2, 0.25) is 5.91 Å². The van der Waals surface area contributed by atoms with Crippen LogP contribution in [0.25, 0.3) is 0 Å². The van der Waals surface area contributed by atoms with E-state index in [0.717, 1.165) is 6.42 Å². The minimum absolute atomic E-state index is 0.0126. The summed E-state index contributed by atoms with van der Waals surface area (Å²) in [5, 5.41) is 11.4. The van der Waals surface area contributed by atoms with Gasteiger partial charge in [-0.15, -0.1) is 0 Å². The van der Waals surface area contributed by atoms with E-state index in [-0.39, 0.29) is 23.8 Å². The lowest BCUT2D eigenvalue weighted by atomic mass is 9.76. The first-order valence-corrected chi connectivity index (χ1v) is 4.43. The zero-order chi connectivity index (χ0) is 10.1. The van der Waals surface area contributed by atoms with Crippen LogP contribution in [0.2, 0.25) is 0 Å². The quantitative estimate of drug-likeness (QED) is 0.667. The second kappa shape index (κ2) is 3.36. The molecule has 0 aromatic heterocycles. The van der Waals surface area contributed by atoms with E-state index in [1.54, 1.807) is 0 Å². The molecule has 1 unspecified atom stereocenters. The molecule has 1 aliphatic heterocycles. The van der Waals surface area contributed by atoms with Gasteiger partial charge in [-0.05, 0) is 11.8 Å². The van der Waals surface area contributed by atoms with Crippen LogP contribution in [0.4, 0.5) is 0 Å². The number of carbonyl (C=O) groups excluding carboxylic acids is 1. The maximum Gasteiger partial charge on any atom is 0.305 e. The van der Waals surface area contributed by atoms with Gasteiger partial charge in [-0.25, -0.2) is 0 Å². The van der Waals surface area contributed by atoms with Crippen LogP contribution in [0, 0.1) is 5.41 Å². The number of piperidine rings is 1. The summed E-state index contributed by atoms with van der Waals surface area (Å²) in [6.07, 6.45) is 1.28. The van der Waals surface area contributed by atoms with E-state index < -0.39 is 5.97 Å². The van der Waals surface area contributed by atoms with Crippen molar-refractivity contribution in [2.24, 2.45) is 5.41 Å². The van der Waals surface area contributed by atoms with Gasteiger partial charge in [0.05, 0.1) is 6.42 Å². The molecule has 1 fully saturated rings. The Morgan fingerprint density at radius 3 is 2.85 bits per heavy atom. The molecule has 1 aliphatic rings. The molecule has 13 heavy (non-hydrogen) atoms. The van der Waals surface area contributed by atoms with Crippen LogP contribution in [0.1, 0.15) is 33.1 Å². The lowest BCUT2D eigenvalue weighted by molar-refractivity contribution is -0.139. The molecule has 74 valence electrons. The van der Waals surface area contributed by atoms with Crippen LogP contribution in [-0.4, -0.2) is 23.0 Å². The minimum atomic E-state index is -0.861. The Morgan fingerprint density at radius 2 is 2.31 bits per heavy atom. The zero-order valence-electron chi connectivity index (χ0n) is 7.96. The summed E-state index contributed by atoms with van der Waals surface area (Å²) in [5.74, 6) is -0.897. The molecule has 4 nitrogen and oxygen atoms in total. The maximum absolute atomic E-state index is 11.0. The molecule has 2 N–H and O–H groups in total. The molecule has 0 bridgehead atoms. The van der Waals surface area contributed by atoms with E-state index >= 15 is 0 Å². The molecule has 1 amide bonds. The van der Waals surface area contributed by atoms with Crippen LogP contribution >= 0.6 is 0 Å². The summed E-state index contributed by atoms with van der Waals surface area (Å²) < 4.78 is 0. The van der Waals surface area contributed by atoms with Crippen molar-refractivity contribution in [1.29, 1.82) is 0 Å². The zero-order valence-corrected chi connectivity index (χ0v) is 7.96.